The van der Waals surface area contributed by atoms with E-state index in [0.29, 0.717) is 5.69 Å². The Balaban J connectivity index is 1.73. The second-order valence-corrected chi connectivity index (χ2v) is 4.99. The van der Waals surface area contributed by atoms with Crippen LogP contribution in [-0.2, 0) is 0 Å². The molecule has 0 atom stereocenters. The van der Waals surface area contributed by atoms with Crippen molar-refractivity contribution in [1.29, 1.82) is 0 Å². The maximum atomic E-state index is 12.4. The van der Waals surface area contributed by atoms with Crippen LogP contribution in [0.15, 0.2) is 79.0 Å². The highest BCUT2D eigenvalue weighted by Gasteiger charge is 2.14. The smallest absolute Gasteiger partial charge is 0.276 e. The number of para-hydroxylation sites is 1. The van der Waals surface area contributed by atoms with Crippen LogP contribution in [0.1, 0.15) is 10.5 Å². The predicted molar refractivity (Wildman–Crippen MR) is 89.9 cm³/mol. The summed E-state index contributed by atoms with van der Waals surface area (Å²) in [5.41, 5.74) is 1.20. The van der Waals surface area contributed by atoms with Crippen LogP contribution < -0.4 is 9.64 Å². The molecule has 23 heavy (non-hydrogen) atoms. The number of amides is 1. The number of rotatable bonds is 4. The van der Waals surface area contributed by atoms with Crippen molar-refractivity contribution in [2.24, 2.45) is 0 Å². The number of hydrogen-bond acceptors (Lipinski definition) is 3. The van der Waals surface area contributed by atoms with E-state index in [1.807, 2.05) is 54.6 Å². The van der Waals surface area contributed by atoms with Gasteiger partial charge in [0.2, 0.25) is 0 Å². The van der Waals surface area contributed by atoms with Gasteiger partial charge in [-0.1, -0.05) is 24.3 Å². The molecule has 0 fully saturated rings. The molecule has 0 aliphatic rings. The van der Waals surface area contributed by atoms with Gasteiger partial charge in [-0.3, -0.25) is 9.78 Å². The number of nitrogens with zero attached hydrogens (tertiary/aromatic N) is 2. The van der Waals surface area contributed by atoms with Crippen LogP contribution in [0.4, 0.5) is 5.69 Å². The second kappa shape index (κ2) is 6.75. The van der Waals surface area contributed by atoms with E-state index >= 15 is 0 Å². The number of carbonyl (C=O) groups is 1. The van der Waals surface area contributed by atoms with E-state index < -0.39 is 0 Å². The highest BCUT2D eigenvalue weighted by atomic mass is 16.5. The molecule has 0 saturated heterocycles. The number of anilines is 1. The van der Waals surface area contributed by atoms with E-state index in [4.69, 9.17) is 4.74 Å². The van der Waals surface area contributed by atoms with Crippen LogP contribution in [0.5, 0.6) is 11.5 Å². The van der Waals surface area contributed by atoms with Crippen LogP contribution in [-0.4, -0.2) is 17.9 Å². The van der Waals surface area contributed by atoms with Crippen molar-refractivity contribution >= 4 is 11.6 Å². The van der Waals surface area contributed by atoms with E-state index in [1.165, 1.54) is 0 Å². The van der Waals surface area contributed by atoms with Gasteiger partial charge in [-0.2, -0.15) is 0 Å². The molecule has 0 unspecified atom stereocenters. The van der Waals surface area contributed by atoms with Crippen LogP contribution >= 0.6 is 0 Å². The molecule has 3 rings (SSSR count). The fraction of sp³-hybridized carbons (Fsp3) is 0.0526. The number of ether oxygens (including phenoxy) is 1. The molecular formula is C19H16N2O2. The lowest BCUT2D eigenvalue weighted by atomic mass is 10.2. The SMILES string of the molecule is CN(C(=O)c1ccccn1)c1ccc(Oc2ccccc2)cc1. The second-order valence-electron chi connectivity index (χ2n) is 4.99. The normalized spacial score (nSPS) is 10.1. The van der Waals surface area contributed by atoms with Gasteiger partial charge in [0.25, 0.3) is 5.91 Å². The first kappa shape index (κ1) is 14.8. The van der Waals surface area contributed by atoms with Gasteiger partial charge in [-0.25, -0.2) is 0 Å². The topological polar surface area (TPSA) is 42.4 Å². The van der Waals surface area contributed by atoms with Gasteiger partial charge in [0.15, 0.2) is 0 Å². The molecule has 0 radical (unpaired) electrons. The summed E-state index contributed by atoms with van der Waals surface area (Å²) in [7, 11) is 1.73. The molecule has 1 aromatic heterocycles. The average molecular weight is 304 g/mol. The summed E-state index contributed by atoms with van der Waals surface area (Å²) in [4.78, 5) is 18.0. The maximum Gasteiger partial charge on any atom is 0.276 e. The molecule has 114 valence electrons. The quantitative estimate of drug-likeness (QED) is 0.727. The Morgan fingerprint density at radius 2 is 1.52 bits per heavy atom. The van der Waals surface area contributed by atoms with Crippen LogP contribution in [0, 0.1) is 0 Å². The fourth-order valence-corrected chi connectivity index (χ4v) is 2.14. The Bertz CT molecular complexity index is 771. The molecule has 0 saturated carbocycles. The number of pyridine rings is 1. The van der Waals surface area contributed by atoms with Crippen molar-refractivity contribution in [1.82, 2.24) is 4.98 Å². The molecule has 2 aromatic carbocycles. The first-order valence-electron chi connectivity index (χ1n) is 7.26. The summed E-state index contributed by atoms with van der Waals surface area (Å²) < 4.78 is 5.74. The van der Waals surface area contributed by atoms with Gasteiger partial charge in [-0.15, -0.1) is 0 Å². The van der Waals surface area contributed by atoms with E-state index in [9.17, 15) is 4.79 Å². The maximum absolute atomic E-state index is 12.4. The fourth-order valence-electron chi connectivity index (χ4n) is 2.14. The van der Waals surface area contributed by atoms with Gasteiger partial charge in [0, 0.05) is 18.9 Å². The van der Waals surface area contributed by atoms with E-state index in [0.717, 1.165) is 17.2 Å². The summed E-state index contributed by atoms with van der Waals surface area (Å²) in [5.74, 6) is 1.35. The molecular weight excluding hydrogens is 288 g/mol. The minimum absolute atomic E-state index is 0.151. The lowest BCUT2D eigenvalue weighted by Crippen LogP contribution is -2.26. The van der Waals surface area contributed by atoms with Gasteiger partial charge >= 0.3 is 0 Å². The number of hydrogen-bond donors (Lipinski definition) is 0. The Labute approximate surface area is 135 Å². The third kappa shape index (κ3) is 3.55. The van der Waals surface area contributed by atoms with E-state index in [1.54, 1.807) is 36.3 Å². The first-order chi connectivity index (χ1) is 11.2. The number of aromatic nitrogens is 1. The summed E-state index contributed by atoms with van der Waals surface area (Å²) in [6.45, 7) is 0. The zero-order chi connectivity index (χ0) is 16.1. The third-order valence-corrected chi connectivity index (χ3v) is 3.39. The van der Waals surface area contributed by atoms with Crippen molar-refractivity contribution < 1.29 is 9.53 Å². The van der Waals surface area contributed by atoms with Crippen LogP contribution in [0.2, 0.25) is 0 Å². The van der Waals surface area contributed by atoms with Crippen molar-refractivity contribution in [2.45, 2.75) is 0 Å². The molecule has 0 aliphatic carbocycles. The van der Waals surface area contributed by atoms with Gasteiger partial charge < -0.3 is 9.64 Å². The lowest BCUT2D eigenvalue weighted by Gasteiger charge is -2.17. The molecule has 3 aromatic rings. The van der Waals surface area contributed by atoms with Crippen molar-refractivity contribution in [3.05, 3.63) is 84.7 Å². The van der Waals surface area contributed by atoms with Crippen LogP contribution in [0.25, 0.3) is 0 Å². The molecule has 4 nitrogen and oxygen atoms in total. The van der Waals surface area contributed by atoms with Gasteiger partial charge in [-0.05, 0) is 48.5 Å². The lowest BCUT2D eigenvalue weighted by molar-refractivity contribution is 0.0988. The minimum atomic E-state index is -0.151. The summed E-state index contributed by atoms with van der Waals surface area (Å²) in [5, 5.41) is 0. The predicted octanol–water partition coefficient (Wildman–Crippen LogP) is 4.15. The molecule has 1 amide bonds. The Morgan fingerprint density at radius 1 is 0.870 bits per heavy atom. The van der Waals surface area contributed by atoms with Crippen molar-refractivity contribution in [3.63, 3.8) is 0 Å². The molecule has 4 heteroatoms. The highest BCUT2D eigenvalue weighted by molar-refractivity contribution is 6.04. The Kier molecular flexibility index (Phi) is 4.34. The number of benzene rings is 2. The first-order valence-corrected chi connectivity index (χ1v) is 7.26. The molecule has 1 heterocycles. The van der Waals surface area contributed by atoms with Crippen molar-refractivity contribution in [2.75, 3.05) is 11.9 Å². The standard InChI is InChI=1S/C19H16N2O2/c1-21(19(22)18-9-5-6-14-20-18)15-10-12-17(13-11-15)23-16-7-3-2-4-8-16/h2-14H,1H3. The number of carbonyl (C=O) groups excluding carboxylic acids is 1. The molecule has 0 N–H and O–H groups in total. The Hall–Kier alpha value is -3.14. The van der Waals surface area contributed by atoms with Crippen molar-refractivity contribution in [3.8, 4) is 11.5 Å². The zero-order valence-electron chi connectivity index (χ0n) is 12.7. The Morgan fingerprint density at radius 3 is 2.17 bits per heavy atom. The largest absolute Gasteiger partial charge is 0.457 e. The van der Waals surface area contributed by atoms with Crippen LogP contribution in [0.3, 0.4) is 0 Å². The van der Waals surface area contributed by atoms with E-state index in [-0.39, 0.29) is 5.91 Å². The monoisotopic (exact) mass is 304 g/mol. The minimum Gasteiger partial charge on any atom is -0.457 e. The average Bonchev–Trinajstić information content (AvgIpc) is 2.63. The summed E-state index contributed by atoms with van der Waals surface area (Å²) in [6, 6.07) is 22.2. The summed E-state index contributed by atoms with van der Waals surface area (Å²) >= 11 is 0. The van der Waals surface area contributed by atoms with Gasteiger partial charge in [0.05, 0.1) is 0 Å². The summed E-state index contributed by atoms with van der Waals surface area (Å²) in [6.07, 6.45) is 1.61. The highest BCUT2D eigenvalue weighted by Crippen LogP contribution is 2.24. The van der Waals surface area contributed by atoms with E-state index in [2.05, 4.69) is 4.98 Å². The van der Waals surface area contributed by atoms with Gasteiger partial charge in [0.1, 0.15) is 17.2 Å². The molecule has 0 spiro atoms. The molecule has 0 bridgehead atoms. The molecule has 0 aliphatic heterocycles. The third-order valence-electron chi connectivity index (χ3n) is 3.39. The zero-order valence-corrected chi connectivity index (χ0v) is 12.7.